The Morgan fingerprint density at radius 3 is 1.07 bits per heavy atom. The number of esters is 2. The molecule has 0 aliphatic carbocycles. The molecule has 0 fully saturated rings. The Balaban J connectivity index is 1.26. The van der Waals surface area contributed by atoms with Gasteiger partial charge in [-0.25, -0.2) is 18.4 Å². The predicted octanol–water partition coefficient (Wildman–Crippen LogP) is 11.9. The van der Waals surface area contributed by atoms with Gasteiger partial charge in [-0.2, -0.15) is 76.1 Å². The molecule has 0 unspecified atom stereocenters. The third-order valence-electron chi connectivity index (χ3n) is 7.76. The highest BCUT2D eigenvalue weighted by Crippen LogP contribution is 2.53. The van der Waals surface area contributed by atoms with Crippen molar-refractivity contribution in [1.82, 2.24) is 0 Å². The maximum absolute atomic E-state index is 13.7. The van der Waals surface area contributed by atoms with Crippen molar-refractivity contribution >= 4 is 23.3 Å². The summed E-state index contributed by atoms with van der Waals surface area (Å²) >= 11 is 0. The van der Waals surface area contributed by atoms with E-state index in [1.807, 2.05) is 0 Å². The van der Waals surface area contributed by atoms with E-state index < -0.39 is 84.8 Å². The van der Waals surface area contributed by atoms with Crippen molar-refractivity contribution < 1.29 is 103 Å². The molecule has 0 spiro atoms. The average Bonchev–Trinajstić information content (AvgIpc) is 3.19. The van der Waals surface area contributed by atoms with Crippen molar-refractivity contribution in [3.8, 4) is 23.0 Å². The highest BCUT2D eigenvalue weighted by Gasteiger charge is 2.82. The molecule has 0 amide bonds. The summed E-state index contributed by atoms with van der Waals surface area (Å²) in [7, 11) is 0. The lowest BCUT2D eigenvalue weighted by molar-refractivity contribution is -0.398. The van der Waals surface area contributed by atoms with E-state index in [0.717, 1.165) is 48.5 Å². The lowest BCUT2D eigenvalue weighted by atomic mass is 10.0. The highest BCUT2D eigenvalue weighted by atomic mass is 19.4. The second kappa shape index (κ2) is 17.4. The minimum Gasteiger partial charge on any atom is -0.487 e. The van der Waals surface area contributed by atoms with E-state index >= 15 is 0 Å². The van der Waals surface area contributed by atoms with Gasteiger partial charge in [0.05, 0.1) is 22.5 Å². The molecule has 0 heterocycles. The third kappa shape index (κ3) is 10.4. The molecule has 0 saturated carbocycles. The molecule has 0 atom stereocenters. The summed E-state index contributed by atoms with van der Waals surface area (Å²) in [6, 6.07) is 17.2. The molecule has 4 rings (SSSR count). The Labute approximate surface area is 329 Å². The first-order chi connectivity index (χ1) is 28.0. The summed E-state index contributed by atoms with van der Waals surface area (Å²) in [6.45, 7) is -4.99. The Morgan fingerprint density at radius 2 is 0.754 bits per heavy atom. The van der Waals surface area contributed by atoms with E-state index in [0.29, 0.717) is 0 Å². The molecule has 4 aromatic carbocycles. The summed E-state index contributed by atoms with van der Waals surface area (Å²) in [5.74, 6) is -42.0. The molecule has 4 aromatic rings. The van der Waals surface area contributed by atoms with Crippen LogP contribution in [0.1, 0.15) is 20.7 Å². The quantitative estimate of drug-likeness (QED) is 0.0453. The van der Waals surface area contributed by atoms with Crippen LogP contribution in [-0.4, -0.2) is 73.3 Å². The Hall–Kier alpha value is -6.17. The minimum atomic E-state index is -7.09. The normalized spacial score (nSPS) is 13.3. The van der Waals surface area contributed by atoms with E-state index in [9.17, 15) is 84.2 Å². The van der Waals surface area contributed by atoms with Crippen LogP contribution >= 0.6 is 0 Å². The van der Waals surface area contributed by atoms with Gasteiger partial charge in [0, 0.05) is 0 Å². The van der Waals surface area contributed by atoms with Gasteiger partial charge in [0.15, 0.2) is 13.2 Å². The van der Waals surface area contributed by atoms with Crippen LogP contribution in [0.2, 0.25) is 0 Å². The molecule has 0 saturated heterocycles. The average molecular weight is 901 g/mol. The van der Waals surface area contributed by atoms with Gasteiger partial charge in [-0.15, -0.1) is 0 Å². The first-order valence-electron chi connectivity index (χ1n) is 16.2. The van der Waals surface area contributed by atoms with E-state index in [-0.39, 0.29) is 34.0 Å². The molecule has 0 aliphatic rings. The minimum absolute atomic E-state index is 0.0437. The van der Waals surface area contributed by atoms with Gasteiger partial charge in [-0.1, -0.05) is 0 Å². The number of ether oxygens (including phenoxy) is 4. The molecule has 0 N–H and O–H groups in total. The van der Waals surface area contributed by atoms with Crippen molar-refractivity contribution in [3.63, 3.8) is 0 Å². The molecular formula is C36H21F17N2O6. The smallest absolute Gasteiger partial charge is 0.460 e. The van der Waals surface area contributed by atoms with Gasteiger partial charge in [-0.05, 0) is 97.1 Å². The van der Waals surface area contributed by atoms with Crippen molar-refractivity contribution in [2.75, 3.05) is 13.2 Å². The maximum atomic E-state index is 13.7. The number of benzene rings is 4. The van der Waals surface area contributed by atoms with Crippen LogP contribution in [0, 0.1) is 0 Å². The van der Waals surface area contributed by atoms with Gasteiger partial charge < -0.3 is 18.9 Å². The number of hydrogen-bond donors (Lipinski definition) is 0. The summed E-state index contributed by atoms with van der Waals surface area (Å²) in [6.07, 6.45) is -12.1. The van der Waals surface area contributed by atoms with E-state index in [4.69, 9.17) is 9.47 Å². The number of nitrogens with zero attached hydrogens (tertiary/aromatic N) is 2. The molecule has 0 radical (unpaired) electrons. The number of halogens is 17. The van der Waals surface area contributed by atoms with Crippen LogP contribution in [0.3, 0.4) is 0 Å². The number of azo groups is 1. The third-order valence-corrected chi connectivity index (χ3v) is 7.76. The van der Waals surface area contributed by atoms with Crippen LogP contribution in [0.4, 0.5) is 86.0 Å². The molecule has 61 heavy (non-hydrogen) atoms. The van der Waals surface area contributed by atoms with Crippen LogP contribution < -0.4 is 18.9 Å². The fourth-order valence-electron chi connectivity index (χ4n) is 4.30. The zero-order valence-electron chi connectivity index (χ0n) is 29.5. The standard InChI is InChI=1S/C36H21F17N2O6/c37-29(38)32(43,44)33(45,46)30(39,40)17-58-23-9-1-19(2-10-23)27(56)60-25-13-5-21(6-14-25)54-55-22-7-15-26(16-8-22)61-28(57)20-3-11-24(12-4-20)59-18-31(41,42)34(47,48)35(49,50)36(51,52)53/h1-16,29H,17-18H2/b55-54+. The second-order valence-electron chi connectivity index (χ2n) is 12.1. The molecular weight excluding hydrogens is 879 g/mol. The van der Waals surface area contributed by atoms with E-state index in [1.54, 1.807) is 0 Å². The topological polar surface area (TPSA) is 95.8 Å². The van der Waals surface area contributed by atoms with Crippen molar-refractivity contribution in [2.24, 2.45) is 10.2 Å². The first kappa shape index (κ1) is 47.5. The maximum Gasteiger partial charge on any atom is 0.460 e. The molecule has 0 aromatic heterocycles. The molecule has 330 valence electrons. The number of hydrogen-bond acceptors (Lipinski definition) is 8. The second-order valence-corrected chi connectivity index (χ2v) is 12.1. The summed E-state index contributed by atoms with van der Waals surface area (Å²) in [4.78, 5) is 24.9. The van der Waals surface area contributed by atoms with Gasteiger partial charge in [0.25, 0.3) is 0 Å². The lowest BCUT2D eigenvalue weighted by Gasteiger charge is -2.33. The van der Waals surface area contributed by atoms with Gasteiger partial charge in [0.2, 0.25) is 0 Å². The Morgan fingerprint density at radius 1 is 0.443 bits per heavy atom. The number of rotatable bonds is 17. The van der Waals surface area contributed by atoms with Crippen molar-refractivity contribution in [1.29, 1.82) is 0 Å². The zero-order valence-corrected chi connectivity index (χ0v) is 29.5. The number of alkyl halides is 17. The van der Waals surface area contributed by atoms with Gasteiger partial charge in [-0.3, -0.25) is 0 Å². The van der Waals surface area contributed by atoms with Gasteiger partial charge in [0.1, 0.15) is 23.0 Å². The zero-order chi connectivity index (χ0) is 45.8. The summed E-state index contributed by atoms with van der Waals surface area (Å²) < 4.78 is 241. The predicted molar refractivity (Wildman–Crippen MR) is 173 cm³/mol. The SMILES string of the molecule is O=C(Oc1ccc(/N=N/c2ccc(OC(=O)c3ccc(OCC(F)(F)C(F)(F)C(F)(F)C(F)(F)F)cc3)cc2)cc1)c1ccc(OCC(F)(F)C(F)(F)C(F)(F)C(F)F)cc1. The van der Waals surface area contributed by atoms with Crippen molar-refractivity contribution in [3.05, 3.63) is 108 Å². The highest BCUT2D eigenvalue weighted by molar-refractivity contribution is 5.91. The first-order valence-corrected chi connectivity index (χ1v) is 16.2. The molecule has 8 nitrogen and oxygen atoms in total. The fraction of sp³-hybridized carbons (Fsp3) is 0.278. The molecule has 0 bridgehead atoms. The van der Waals surface area contributed by atoms with Crippen LogP contribution in [-0.2, 0) is 0 Å². The number of carbonyl (C=O) groups excluding carboxylic acids is 2. The Bertz CT molecular complexity index is 2160. The largest absolute Gasteiger partial charge is 0.487 e. The Kier molecular flexibility index (Phi) is 13.6. The molecule has 25 heteroatoms. The van der Waals surface area contributed by atoms with E-state index in [2.05, 4.69) is 19.7 Å². The number of carbonyl (C=O) groups is 2. The van der Waals surface area contributed by atoms with Crippen LogP contribution in [0.15, 0.2) is 107 Å². The monoisotopic (exact) mass is 900 g/mol. The fourth-order valence-corrected chi connectivity index (χ4v) is 4.30. The molecule has 0 aliphatic heterocycles. The van der Waals surface area contributed by atoms with Crippen molar-refractivity contribution in [2.45, 2.75) is 48.1 Å². The van der Waals surface area contributed by atoms with E-state index in [1.165, 1.54) is 48.5 Å². The summed E-state index contributed by atoms with van der Waals surface area (Å²) in [5.41, 5.74) is -0.0616. The van der Waals surface area contributed by atoms with Crippen LogP contribution in [0.25, 0.3) is 0 Å². The summed E-state index contributed by atoms with van der Waals surface area (Å²) in [5, 5.41) is 7.89. The van der Waals surface area contributed by atoms with Crippen LogP contribution in [0.5, 0.6) is 23.0 Å². The lowest BCUT2D eigenvalue weighted by Crippen LogP contribution is -2.62. The van der Waals surface area contributed by atoms with Gasteiger partial charge >= 0.3 is 60.1 Å².